The predicted molar refractivity (Wildman–Crippen MR) is 150 cm³/mol. The van der Waals surface area contributed by atoms with Crippen LogP contribution in [0.5, 0.6) is 11.5 Å². The summed E-state index contributed by atoms with van der Waals surface area (Å²) >= 11 is 0. The quantitative estimate of drug-likeness (QED) is 0.183. The summed E-state index contributed by atoms with van der Waals surface area (Å²) in [5.74, 6) is -0.908. The number of rotatable bonds is 13. The van der Waals surface area contributed by atoms with Crippen LogP contribution in [0.15, 0.2) is 107 Å². The minimum Gasteiger partial charge on any atom is -0.487 e. The molecule has 0 radical (unpaired) electrons. The van der Waals surface area contributed by atoms with Crippen LogP contribution >= 0.6 is 0 Å². The van der Waals surface area contributed by atoms with E-state index in [-0.39, 0.29) is 27.9 Å². The molecule has 0 saturated carbocycles. The van der Waals surface area contributed by atoms with Gasteiger partial charge in [-0.05, 0) is 55.8 Å². The van der Waals surface area contributed by atoms with Gasteiger partial charge in [-0.1, -0.05) is 71.8 Å². The molecule has 8 nitrogen and oxygen atoms in total. The highest BCUT2D eigenvalue weighted by Crippen LogP contribution is 2.31. The van der Waals surface area contributed by atoms with Gasteiger partial charge in [-0.2, -0.15) is 16.8 Å². The first-order valence-electron chi connectivity index (χ1n) is 12.6. The predicted octanol–water partition coefficient (Wildman–Crippen LogP) is 5.58. The molecule has 0 N–H and O–H groups in total. The third kappa shape index (κ3) is 8.37. The first-order valence-corrected chi connectivity index (χ1v) is 15.4. The summed E-state index contributed by atoms with van der Waals surface area (Å²) in [4.78, 5) is -0.238. The molecule has 0 aliphatic carbocycles. The summed E-state index contributed by atoms with van der Waals surface area (Å²) in [5, 5.41) is 0. The molecule has 1 atom stereocenters. The molecule has 0 spiro atoms. The lowest BCUT2D eigenvalue weighted by Gasteiger charge is -2.20. The Morgan fingerprint density at radius 2 is 1.24 bits per heavy atom. The van der Waals surface area contributed by atoms with Crippen molar-refractivity contribution in [2.75, 3.05) is 13.2 Å². The first kappa shape index (κ1) is 30.2. The number of ether oxygens (including phenoxy) is 2. The lowest BCUT2D eigenvalue weighted by Crippen LogP contribution is -2.31. The lowest BCUT2D eigenvalue weighted by atomic mass is 10.2. The minimum atomic E-state index is -4.34. The number of para-hydroxylation sites is 1. The summed E-state index contributed by atoms with van der Waals surface area (Å²) in [7, 11) is -8.59. The topological polar surface area (TPSA) is 105 Å². The van der Waals surface area contributed by atoms with E-state index in [0.717, 1.165) is 16.7 Å². The zero-order valence-electron chi connectivity index (χ0n) is 22.4. The summed E-state index contributed by atoms with van der Waals surface area (Å²) in [6.07, 6.45) is -1.42. The average molecular weight is 601 g/mol. The molecule has 0 heterocycles. The second-order valence-electron chi connectivity index (χ2n) is 9.19. The fraction of sp³-hybridized carbons (Fsp3) is 0.200. The second kappa shape index (κ2) is 13.3. The van der Waals surface area contributed by atoms with Crippen molar-refractivity contribution in [1.82, 2.24) is 0 Å². The van der Waals surface area contributed by atoms with Crippen LogP contribution in [0, 0.1) is 19.7 Å². The Bertz CT molecular complexity index is 1660. The zero-order chi connectivity index (χ0) is 29.5. The molecule has 4 rings (SSSR count). The number of benzene rings is 4. The maximum atomic E-state index is 14.7. The van der Waals surface area contributed by atoms with E-state index in [0.29, 0.717) is 0 Å². The molecular weight excluding hydrogens is 571 g/mol. The molecule has 41 heavy (non-hydrogen) atoms. The molecule has 4 aromatic carbocycles. The maximum Gasteiger partial charge on any atom is 0.297 e. The van der Waals surface area contributed by atoms with E-state index < -0.39 is 45.4 Å². The van der Waals surface area contributed by atoms with Gasteiger partial charge < -0.3 is 9.47 Å². The highest BCUT2D eigenvalue weighted by atomic mass is 32.2. The first-order chi connectivity index (χ1) is 19.5. The van der Waals surface area contributed by atoms with E-state index >= 15 is 0 Å². The van der Waals surface area contributed by atoms with Gasteiger partial charge in [-0.15, -0.1) is 0 Å². The zero-order valence-corrected chi connectivity index (χ0v) is 24.0. The highest BCUT2D eigenvalue weighted by Gasteiger charge is 2.27. The SMILES string of the molecule is Cc1ccc(S(=O)(=O)OC[C@H](COc2cccc(F)c2OCc2ccccc2)OS(=O)(=O)c2ccc(C)cc2)cc1. The standard InChI is InChI=1S/C30H29FO8S2/c1-22-11-15-26(16-12-22)40(32,33)38-21-25(39-41(34,35)27-17-13-23(2)14-18-27)20-36-29-10-6-9-28(31)30(29)37-19-24-7-4-3-5-8-24/h3-18,25H,19-21H2,1-2H3/t25-/m0/s1. The fourth-order valence-electron chi connectivity index (χ4n) is 3.64. The lowest BCUT2D eigenvalue weighted by molar-refractivity contribution is 0.0862. The van der Waals surface area contributed by atoms with Crippen LogP contribution in [0.3, 0.4) is 0 Å². The normalized spacial score (nSPS) is 12.6. The maximum absolute atomic E-state index is 14.7. The Balaban J connectivity index is 1.54. The third-order valence-corrected chi connectivity index (χ3v) is 8.54. The van der Waals surface area contributed by atoms with Gasteiger partial charge in [0.1, 0.15) is 19.3 Å². The van der Waals surface area contributed by atoms with E-state index in [2.05, 4.69) is 0 Å². The molecule has 0 saturated heterocycles. The second-order valence-corrected chi connectivity index (χ2v) is 12.4. The summed E-state index contributed by atoms with van der Waals surface area (Å²) in [5.41, 5.74) is 2.48. The monoisotopic (exact) mass is 600 g/mol. The van der Waals surface area contributed by atoms with Crippen molar-refractivity contribution in [3.05, 3.63) is 120 Å². The largest absolute Gasteiger partial charge is 0.487 e. The molecule has 4 aromatic rings. The molecule has 0 aromatic heterocycles. The van der Waals surface area contributed by atoms with Crippen molar-refractivity contribution in [1.29, 1.82) is 0 Å². The highest BCUT2D eigenvalue weighted by molar-refractivity contribution is 7.87. The molecular formula is C30H29FO8S2. The van der Waals surface area contributed by atoms with Gasteiger partial charge >= 0.3 is 0 Å². The molecule has 0 amide bonds. The van der Waals surface area contributed by atoms with Gasteiger partial charge in [0, 0.05) is 0 Å². The van der Waals surface area contributed by atoms with Crippen molar-refractivity contribution in [2.45, 2.75) is 36.3 Å². The molecule has 0 bridgehead atoms. The molecule has 0 aliphatic rings. The van der Waals surface area contributed by atoms with E-state index in [1.54, 1.807) is 38.1 Å². The Morgan fingerprint density at radius 3 is 1.85 bits per heavy atom. The van der Waals surface area contributed by atoms with Gasteiger partial charge in [-0.25, -0.2) is 4.39 Å². The van der Waals surface area contributed by atoms with Crippen LogP contribution in [0.25, 0.3) is 0 Å². The fourth-order valence-corrected chi connectivity index (χ4v) is 5.62. The molecule has 0 aliphatic heterocycles. The molecule has 0 fully saturated rings. The molecule has 11 heteroatoms. The number of aryl methyl sites for hydroxylation is 2. The van der Waals surface area contributed by atoms with Crippen molar-refractivity contribution < 1.29 is 39.1 Å². The van der Waals surface area contributed by atoms with Gasteiger partial charge in [-0.3, -0.25) is 8.37 Å². The number of hydrogen-bond donors (Lipinski definition) is 0. The van der Waals surface area contributed by atoms with Gasteiger partial charge in [0.2, 0.25) is 0 Å². The van der Waals surface area contributed by atoms with Crippen LogP contribution < -0.4 is 9.47 Å². The Morgan fingerprint density at radius 1 is 0.659 bits per heavy atom. The van der Waals surface area contributed by atoms with Crippen molar-refractivity contribution in [3.63, 3.8) is 0 Å². The van der Waals surface area contributed by atoms with Crippen LogP contribution in [0.4, 0.5) is 4.39 Å². The van der Waals surface area contributed by atoms with Gasteiger partial charge in [0.25, 0.3) is 20.2 Å². The summed E-state index contributed by atoms with van der Waals surface area (Å²) in [6, 6.07) is 25.1. The number of halogens is 1. The van der Waals surface area contributed by atoms with Crippen LogP contribution in [0.1, 0.15) is 16.7 Å². The van der Waals surface area contributed by atoms with Gasteiger partial charge in [0.05, 0.1) is 16.4 Å². The minimum absolute atomic E-state index is 0.0244. The van der Waals surface area contributed by atoms with Crippen LogP contribution in [-0.2, 0) is 35.2 Å². The average Bonchev–Trinajstić information content (AvgIpc) is 2.95. The van der Waals surface area contributed by atoms with Crippen LogP contribution in [0.2, 0.25) is 0 Å². The van der Waals surface area contributed by atoms with Crippen molar-refractivity contribution in [3.8, 4) is 11.5 Å². The molecule has 216 valence electrons. The Kier molecular flexibility index (Phi) is 9.77. The van der Waals surface area contributed by atoms with E-state index in [1.807, 2.05) is 30.3 Å². The van der Waals surface area contributed by atoms with Crippen molar-refractivity contribution >= 4 is 20.2 Å². The Hall–Kier alpha value is -3.77. The van der Waals surface area contributed by atoms with E-state index in [9.17, 15) is 21.2 Å². The van der Waals surface area contributed by atoms with E-state index in [1.165, 1.54) is 42.5 Å². The smallest absolute Gasteiger partial charge is 0.297 e. The third-order valence-electron chi connectivity index (χ3n) is 5.87. The summed E-state index contributed by atoms with van der Waals surface area (Å²) in [6.45, 7) is 2.46. The number of hydrogen-bond acceptors (Lipinski definition) is 8. The summed E-state index contributed by atoms with van der Waals surface area (Å²) < 4.78 is 88.2. The molecule has 0 unspecified atom stereocenters. The van der Waals surface area contributed by atoms with Gasteiger partial charge in [0.15, 0.2) is 17.3 Å². The van der Waals surface area contributed by atoms with E-state index in [4.69, 9.17) is 17.8 Å². The van der Waals surface area contributed by atoms with Crippen molar-refractivity contribution in [2.24, 2.45) is 0 Å². The Labute approximate surface area is 239 Å². The van der Waals surface area contributed by atoms with Crippen LogP contribution in [-0.4, -0.2) is 36.2 Å².